The topological polar surface area (TPSA) is 45.5 Å². The van der Waals surface area contributed by atoms with Crippen molar-refractivity contribution in [2.45, 2.75) is 32.8 Å². The van der Waals surface area contributed by atoms with Gasteiger partial charge in [0, 0.05) is 19.2 Å². The van der Waals surface area contributed by atoms with E-state index >= 15 is 0 Å². The molecule has 1 aromatic rings. The van der Waals surface area contributed by atoms with Gasteiger partial charge >= 0.3 is 0 Å². The highest BCUT2D eigenvalue weighted by Gasteiger charge is 2.18. The van der Waals surface area contributed by atoms with Gasteiger partial charge in [0.25, 0.3) is 0 Å². The van der Waals surface area contributed by atoms with Crippen LogP contribution in [-0.4, -0.2) is 37.2 Å². The molecule has 114 valence electrons. The maximum absolute atomic E-state index is 8.99. The molecule has 1 aromatic carbocycles. The molecule has 4 nitrogen and oxygen atoms in total. The first-order valence-corrected chi connectivity index (χ1v) is 7.69. The fourth-order valence-electron chi connectivity index (χ4n) is 2.57. The number of benzene rings is 1. The van der Waals surface area contributed by atoms with Crippen molar-refractivity contribution in [3.05, 3.63) is 24.3 Å². The second-order valence-corrected chi connectivity index (χ2v) is 5.76. The average Bonchev–Trinajstić information content (AvgIpc) is 2.47. The first-order valence-electron chi connectivity index (χ1n) is 7.69. The standard InChI is InChI=1S/C17H24N2O2/c1-14(2)21-17-7-3-6-16(11-17)20-10-9-19-8-4-5-15(12-18)13-19/h3,6-7,11,14-15H,4-5,8-10,13H2,1-2H3/t15-/m0/s1. The maximum Gasteiger partial charge on any atom is 0.123 e. The summed E-state index contributed by atoms with van der Waals surface area (Å²) in [6.45, 7) is 7.47. The largest absolute Gasteiger partial charge is 0.492 e. The van der Waals surface area contributed by atoms with Gasteiger partial charge in [0.05, 0.1) is 18.1 Å². The van der Waals surface area contributed by atoms with E-state index in [0.717, 1.165) is 44.0 Å². The smallest absolute Gasteiger partial charge is 0.123 e. The lowest BCUT2D eigenvalue weighted by Gasteiger charge is -2.29. The van der Waals surface area contributed by atoms with Crippen LogP contribution < -0.4 is 9.47 Å². The van der Waals surface area contributed by atoms with Crippen molar-refractivity contribution in [1.82, 2.24) is 4.90 Å². The van der Waals surface area contributed by atoms with Crippen LogP contribution in [0.25, 0.3) is 0 Å². The quantitative estimate of drug-likeness (QED) is 0.807. The third-order valence-corrected chi connectivity index (χ3v) is 3.54. The molecule has 0 amide bonds. The van der Waals surface area contributed by atoms with E-state index in [2.05, 4.69) is 11.0 Å². The second-order valence-electron chi connectivity index (χ2n) is 5.76. The van der Waals surface area contributed by atoms with E-state index < -0.39 is 0 Å². The molecule has 1 saturated heterocycles. The molecular weight excluding hydrogens is 264 g/mol. The Labute approximate surface area is 127 Å². The Morgan fingerprint density at radius 2 is 2.19 bits per heavy atom. The molecule has 0 aromatic heterocycles. The molecule has 1 fully saturated rings. The molecular formula is C17H24N2O2. The van der Waals surface area contributed by atoms with Gasteiger partial charge in [0.1, 0.15) is 18.1 Å². The number of ether oxygens (including phenoxy) is 2. The van der Waals surface area contributed by atoms with Gasteiger partial charge < -0.3 is 9.47 Å². The first kappa shape index (κ1) is 15.7. The van der Waals surface area contributed by atoms with Gasteiger partial charge in [-0.25, -0.2) is 0 Å². The van der Waals surface area contributed by atoms with Gasteiger partial charge in [-0.15, -0.1) is 0 Å². The SMILES string of the molecule is CC(C)Oc1cccc(OCCN2CCC[C@@H](C#N)C2)c1. The van der Waals surface area contributed by atoms with Crippen molar-refractivity contribution in [2.75, 3.05) is 26.2 Å². The molecule has 0 spiro atoms. The van der Waals surface area contributed by atoms with Crippen LogP contribution in [0.4, 0.5) is 0 Å². The fourth-order valence-corrected chi connectivity index (χ4v) is 2.57. The molecule has 0 aliphatic carbocycles. The lowest BCUT2D eigenvalue weighted by Crippen LogP contribution is -2.37. The minimum Gasteiger partial charge on any atom is -0.492 e. The minimum absolute atomic E-state index is 0.163. The minimum atomic E-state index is 0.163. The van der Waals surface area contributed by atoms with Gasteiger partial charge in [-0.3, -0.25) is 4.90 Å². The number of piperidine rings is 1. The molecule has 0 saturated carbocycles. The number of likely N-dealkylation sites (tertiary alicyclic amines) is 1. The third kappa shape index (κ3) is 5.28. The molecule has 4 heteroatoms. The Bertz CT molecular complexity index is 482. The summed E-state index contributed by atoms with van der Waals surface area (Å²) in [7, 11) is 0. The van der Waals surface area contributed by atoms with E-state index in [-0.39, 0.29) is 12.0 Å². The normalized spacial score (nSPS) is 19.2. The van der Waals surface area contributed by atoms with Crippen LogP contribution in [0.15, 0.2) is 24.3 Å². The predicted octanol–water partition coefficient (Wildman–Crippen LogP) is 3.09. The van der Waals surface area contributed by atoms with Gasteiger partial charge in [0.15, 0.2) is 0 Å². The third-order valence-electron chi connectivity index (χ3n) is 3.54. The van der Waals surface area contributed by atoms with E-state index in [0.29, 0.717) is 6.61 Å². The van der Waals surface area contributed by atoms with Crippen molar-refractivity contribution >= 4 is 0 Å². The number of hydrogen-bond donors (Lipinski definition) is 0. The van der Waals surface area contributed by atoms with Crippen LogP contribution in [-0.2, 0) is 0 Å². The monoisotopic (exact) mass is 288 g/mol. The van der Waals surface area contributed by atoms with E-state index in [9.17, 15) is 0 Å². The van der Waals surface area contributed by atoms with Crippen LogP contribution >= 0.6 is 0 Å². The number of nitriles is 1. The molecule has 0 unspecified atom stereocenters. The highest BCUT2D eigenvalue weighted by molar-refractivity contribution is 5.33. The summed E-state index contributed by atoms with van der Waals surface area (Å²) in [6, 6.07) is 10.1. The zero-order valence-corrected chi connectivity index (χ0v) is 12.9. The van der Waals surface area contributed by atoms with Crippen molar-refractivity contribution in [3.63, 3.8) is 0 Å². The summed E-state index contributed by atoms with van der Waals surface area (Å²) < 4.78 is 11.4. The van der Waals surface area contributed by atoms with Crippen molar-refractivity contribution < 1.29 is 9.47 Å². The predicted molar refractivity (Wildman–Crippen MR) is 82.5 cm³/mol. The Morgan fingerprint density at radius 3 is 2.95 bits per heavy atom. The Hall–Kier alpha value is -1.73. The summed E-state index contributed by atoms with van der Waals surface area (Å²) in [5, 5.41) is 8.99. The zero-order chi connectivity index (χ0) is 15.1. The van der Waals surface area contributed by atoms with Crippen LogP contribution in [0.1, 0.15) is 26.7 Å². The Balaban J connectivity index is 1.77. The summed E-state index contributed by atoms with van der Waals surface area (Å²) >= 11 is 0. The molecule has 21 heavy (non-hydrogen) atoms. The number of hydrogen-bond acceptors (Lipinski definition) is 4. The van der Waals surface area contributed by atoms with E-state index in [4.69, 9.17) is 14.7 Å². The van der Waals surface area contributed by atoms with Crippen molar-refractivity contribution in [2.24, 2.45) is 5.92 Å². The average molecular weight is 288 g/mol. The lowest BCUT2D eigenvalue weighted by atomic mass is 10.00. The van der Waals surface area contributed by atoms with E-state index in [1.54, 1.807) is 0 Å². The van der Waals surface area contributed by atoms with Crippen LogP contribution in [0.3, 0.4) is 0 Å². The summed E-state index contributed by atoms with van der Waals surface area (Å²) in [5.74, 6) is 1.86. The molecule has 0 bridgehead atoms. The fraction of sp³-hybridized carbons (Fsp3) is 0.588. The Kier molecular flexibility index (Phi) is 5.89. The van der Waals surface area contributed by atoms with Crippen LogP contribution in [0, 0.1) is 17.2 Å². The first-order chi connectivity index (χ1) is 10.2. The molecule has 1 aliphatic rings. The second kappa shape index (κ2) is 7.90. The van der Waals surface area contributed by atoms with Gasteiger partial charge in [-0.1, -0.05) is 6.07 Å². The van der Waals surface area contributed by atoms with Gasteiger partial charge in [0.2, 0.25) is 0 Å². The molecule has 1 aliphatic heterocycles. The molecule has 0 N–H and O–H groups in total. The number of rotatable bonds is 6. The summed E-state index contributed by atoms with van der Waals surface area (Å²) in [6.07, 6.45) is 2.30. The van der Waals surface area contributed by atoms with Crippen LogP contribution in [0.2, 0.25) is 0 Å². The molecule has 1 heterocycles. The van der Waals surface area contributed by atoms with Crippen molar-refractivity contribution in [3.8, 4) is 17.6 Å². The van der Waals surface area contributed by atoms with Crippen LogP contribution in [0.5, 0.6) is 11.5 Å². The van der Waals surface area contributed by atoms with Gasteiger partial charge in [-0.05, 0) is 45.4 Å². The number of nitrogens with zero attached hydrogens (tertiary/aromatic N) is 2. The summed E-state index contributed by atoms with van der Waals surface area (Å²) in [5.41, 5.74) is 0. The summed E-state index contributed by atoms with van der Waals surface area (Å²) in [4.78, 5) is 2.31. The van der Waals surface area contributed by atoms with E-state index in [1.807, 2.05) is 38.1 Å². The maximum atomic E-state index is 8.99. The zero-order valence-electron chi connectivity index (χ0n) is 12.9. The lowest BCUT2D eigenvalue weighted by molar-refractivity contribution is 0.164. The molecule has 1 atom stereocenters. The molecule has 0 radical (unpaired) electrons. The van der Waals surface area contributed by atoms with E-state index in [1.165, 1.54) is 0 Å². The molecule has 2 rings (SSSR count). The highest BCUT2D eigenvalue weighted by Crippen LogP contribution is 2.21. The van der Waals surface area contributed by atoms with Crippen molar-refractivity contribution in [1.29, 1.82) is 5.26 Å². The highest BCUT2D eigenvalue weighted by atomic mass is 16.5. The Morgan fingerprint density at radius 1 is 1.38 bits per heavy atom. The van der Waals surface area contributed by atoms with Gasteiger partial charge in [-0.2, -0.15) is 5.26 Å².